The van der Waals surface area contributed by atoms with Gasteiger partial charge in [-0.3, -0.25) is 0 Å². The summed E-state index contributed by atoms with van der Waals surface area (Å²) in [6.07, 6.45) is 21.0. The Morgan fingerprint density at radius 2 is 1.09 bits per heavy atom. The number of hydrogen-bond acceptors (Lipinski definition) is 5. The first-order valence-electron chi connectivity index (χ1n) is 13.7. The Labute approximate surface area is 207 Å². The molecule has 0 radical (unpaired) electrons. The number of nitrogens with zero attached hydrogens (tertiary/aromatic N) is 1. The maximum Gasteiger partial charge on any atom is 0.330 e. The highest BCUT2D eigenvalue weighted by Crippen LogP contribution is 2.32. The molecule has 0 spiro atoms. The number of likely N-dealkylation sites (N-methyl/N-ethyl adjacent to an activating group) is 1. The lowest BCUT2D eigenvalue weighted by Gasteiger charge is -2.24. The Balaban J connectivity index is 3.25. The lowest BCUT2D eigenvalue weighted by molar-refractivity contribution is -0.870. The minimum absolute atomic E-state index is 0.0333. The van der Waals surface area contributed by atoms with Gasteiger partial charge in [0.05, 0.1) is 34.4 Å². The van der Waals surface area contributed by atoms with Crippen molar-refractivity contribution in [2.45, 2.75) is 116 Å². The van der Waals surface area contributed by atoms with Crippen molar-refractivity contribution in [3.05, 3.63) is 0 Å². The molecule has 0 aromatic carbocycles. The predicted octanol–water partition coefficient (Wildman–Crippen LogP) is 6.58. The number of ether oxygens (including phenoxy) is 1. The van der Waals surface area contributed by atoms with Crippen molar-refractivity contribution >= 4 is 8.60 Å². The second kappa shape index (κ2) is 23.9. The SMILES string of the molecule is CCCCCCCCCCCCCCCCCCOCC(O)COP(O)OCC[N+](C)(C)C. The Morgan fingerprint density at radius 1 is 0.636 bits per heavy atom. The van der Waals surface area contributed by atoms with Crippen LogP contribution in [-0.2, 0) is 13.8 Å². The van der Waals surface area contributed by atoms with Gasteiger partial charge in [0.1, 0.15) is 19.3 Å². The van der Waals surface area contributed by atoms with Crippen LogP contribution in [0.25, 0.3) is 0 Å². The number of rotatable bonds is 26. The van der Waals surface area contributed by atoms with Crippen LogP contribution in [0.5, 0.6) is 0 Å². The van der Waals surface area contributed by atoms with Gasteiger partial charge in [-0.1, -0.05) is 103 Å². The first-order chi connectivity index (χ1) is 15.8. The zero-order valence-electron chi connectivity index (χ0n) is 22.4. The van der Waals surface area contributed by atoms with Gasteiger partial charge in [0, 0.05) is 6.61 Å². The Bertz CT molecular complexity index is 395. The summed E-state index contributed by atoms with van der Waals surface area (Å²) in [7, 11) is 4.25. The molecule has 0 rings (SSSR count). The highest BCUT2D eigenvalue weighted by molar-refractivity contribution is 7.40. The molecule has 2 N–H and O–H groups in total. The van der Waals surface area contributed by atoms with Crippen molar-refractivity contribution in [2.75, 3.05) is 54.1 Å². The van der Waals surface area contributed by atoms with Gasteiger partial charge in [-0.25, -0.2) is 0 Å². The van der Waals surface area contributed by atoms with E-state index >= 15 is 0 Å². The standard InChI is InChI=1S/C26H57NO5P/c1-5-6-7-8-9-10-11-12-13-14-15-16-17-18-19-20-22-30-24-26(28)25-32-33(29)31-23-21-27(2,3)4/h26,28-29H,5-25H2,1-4H3/q+1. The van der Waals surface area contributed by atoms with E-state index in [2.05, 4.69) is 28.1 Å². The summed E-state index contributed by atoms with van der Waals surface area (Å²) in [5, 5.41) is 9.88. The van der Waals surface area contributed by atoms with Crippen LogP contribution < -0.4 is 0 Å². The number of quaternary nitrogens is 1. The molecule has 2 atom stereocenters. The fraction of sp³-hybridized carbons (Fsp3) is 1.00. The molecule has 0 fully saturated rings. The van der Waals surface area contributed by atoms with Gasteiger partial charge < -0.3 is 28.3 Å². The van der Waals surface area contributed by atoms with E-state index in [0.717, 1.165) is 17.4 Å². The molecule has 0 heterocycles. The molecule has 33 heavy (non-hydrogen) atoms. The maximum atomic E-state index is 9.88. The molecule has 0 amide bonds. The molecule has 0 bridgehead atoms. The van der Waals surface area contributed by atoms with E-state index in [4.69, 9.17) is 13.8 Å². The molecule has 6 nitrogen and oxygen atoms in total. The largest absolute Gasteiger partial charge is 0.388 e. The van der Waals surface area contributed by atoms with Crippen molar-refractivity contribution < 1.29 is 28.3 Å². The van der Waals surface area contributed by atoms with Crippen molar-refractivity contribution in [1.82, 2.24) is 0 Å². The van der Waals surface area contributed by atoms with Crippen molar-refractivity contribution in [1.29, 1.82) is 0 Å². The molecule has 0 saturated heterocycles. The van der Waals surface area contributed by atoms with E-state index < -0.39 is 14.7 Å². The molecule has 0 aliphatic rings. The van der Waals surface area contributed by atoms with Crippen LogP contribution in [-0.4, -0.2) is 74.7 Å². The number of unbranched alkanes of at least 4 members (excludes halogenated alkanes) is 15. The second-order valence-corrected chi connectivity index (χ2v) is 11.4. The fourth-order valence-electron chi connectivity index (χ4n) is 3.60. The first-order valence-corrected chi connectivity index (χ1v) is 14.8. The van der Waals surface area contributed by atoms with Gasteiger partial charge in [0.2, 0.25) is 0 Å². The summed E-state index contributed by atoms with van der Waals surface area (Å²) in [5.74, 6) is 0. The second-order valence-electron chi connectivity index (χ2n) is 10.4. The number of aliphatic hydroxyl groups is 1. The van der Waals surface area contributed by atoms with Crippen LogP contribution in [0, 0.1) is 0 Å². The predicted molar refractivity (Wildman–Crippen MR) is 140 cm³/mol. The molecule has 0 aliphatic carbocycles. The molecular formula is C26H57NO5P+. The van der Waals surface area contributed by atoms with E-state index in [1.807, 2.05) is 0 Å². The first kappa shape index (κ1) is 33.2. The third kappa shape index (κ3) is 28.3. The van der Waals surface area contributed by atoms with Gasteiger partial charge in [-0.2, -0.15) is 0 Å². The molecular weight excluding hydrogens is 437 g/mol. The lowest BCUT2D eigenvalue weighted by Crippen LogP contribution is -2.37. The highest BCUT2D eigenvalue weighted by atomic mass is 31.2. The van der Waals surface area contributed by atoms with E-state index in [1.54, 1.807) is 0 Å². The fourth-order valence-corrected chi connectivity index (χ4v) is 4.21. The van der Waals surface area contributed by atoms with E-state index in [-0.39, 0.29) is 13.2 Å². The van der Waals surface area contributed by atoms with Crippen molar-refractivity contribution in [3.63, 3.8) is 0 Å². The molecule has 0 aliphatic heterocycles. The molecule has 7 heteroatoms. The Kier molecular flexibility index (Phi) is 24.0. The summed E-state index contributed by atoms with van der Waals surface area (Å²) in [5.41, 5.74) is 0. The third-order valence-electron chi connectivity index (χ3n) is 5.79. The molecule has 2 unspecified atom stereocenters. The van der Waals surface area contributed by atoms with Crippen molar-refractivity contribution in [3.8, 4) is 0 Å². The smallest absolute Gasteiger partial charge is 0.330 e. The van der Waals surface area contributed by atoms with Gasteiger partial charge in [0.15, 0.2) is 0 Å². The van der Waals surface area contributed by atoms with E-state index in [9.17, 15) is 10.00 Å². The number of aliphatic hydroxyl groups excluding tert-OH is 1. The minimum atomic E-state index is -1.93. The molecule has 0 saturated carbocycles. The molecule has 0 aromatic heterocycles. The van der Waals surface area contributed by atoms with Gasteiger partial charge in [-0.05, 0) is 6.42 Å². The third-order valence-corrected chi connectivity index (χ3v) is 6.57. The average Bonchev–Trinajstić information content (AvgIpc) is 2.76. The van der Waals surface area contributed by atoms with Gasteiger partial charge >= 0.3 is 8.60 Å². The molecule has 200 valence electrons. The summed E-state index contributed by atoms with van der Waals surface area (Å²) in [6, 6.07) is 0. The zero-order chi connectivity index (χ0) is 24.6. The van der Waals surface area contributed by atoms with Crippen LogP contribution in [0.4, 0.5) is 0 Å². The highest BCUT2D eigenvalue weighted by Gasteiger charge is 2.14. The summed E-state index contributed by atoms with van der Waals surface area (Å²) in [6.45, 7) is 4.43. The van der Waals surface area contributed by atoms with Crippen LogP contribution >= 0.6 is 8.60 Å². The Morgan fingerprint density at radius 3 is 1.55 bits per heavy atom. The van der Waals surface area contributed by atoms with Crippen LogP contribution in [0.15, 0.2) is 0 Å². The normalized spacial score (nSPS) is 14.0. The number of hydrogen-bond donors (Lipinski definition) is 2. The van der Waals surface area contributed by atoms with E-state index in [1.165, 1.54) is 96.3 Å². The van der Waals surface area contributed by atoms with Crippen molar-refractivity contribution in [2.24, 2.45) is 0 Å². The minimum Gasteiger partial charge on any atom is -0.388 e. The average molecular weight is 495 g/mol. The van der Waals surface area contributed by atoms with Crippen LogP contribution in [0.1, 0.15) is 110 Å². The van der Waals surface area contributed by atoms with E-state index in [0.29, 0.717) is 13.2 Å². The van der Waals surface area contributed by atoms with Gasteiger partial charge in [0.25, 0.3) is 0 Å². The quantitative estimate of drug-likeness (QED) is 0.0807. The maximum absolute atomic E-state index is 9.88. The zero-order valence-corrected chi connectivity index (χ0v) is 23.3. The summed E-state index contributed by atoms with van der Waals surface area (Å²) >= 11 is 0. The lowest BCUT2D eigenvalue weighted by atomic mass is 10.0. The summed E-state index contributed by atoms with van der Waals surface area (Å²) in [4.78, 5) is 9.68. The monoisotopic (exact) mass is 494 g/mol. The van der Waals surface area contributed by atoms with Crippen LogP contribution in [0.3, 0.4) is 0 Å². The summed E-state index contributed by atoms with van der Waals surface area (Å²) < 4.78 is 16.7. The van der Waals surface area contributed by atoms with Gasteiger partial charge in [-0.15, -0.1) is 0 Å². The van der Waals surface area contributed by atoms with Crippen LogP contribution in [0.2, 0.25) is 0 Å². The molecule has 0 aromatic rings. The topological polar surface area (TPSA) is 68.2 Å². The Hall–Kier alpha value is 0.190.